The van der Waals surface area contributed by atoms with Crippen molar-refractivity contribution < 1.29 is 13.2 Å². The molecular formula is C50H30F3N5. The van der Waals surface area contributed by atoms with Crippen LogP contribution in [0.2, 0.25) is 0 Å². The molecule has 0 spiro atoms. The maximum absolute atomic E-state index is 14.0. The summed E-state index contributed by atoms with van der Waals surface area (Å²) in [6, 6.07) is 52.1. The van der Waals surface area contributed by atoms with Crippen LogP contribution >= 0.6 is 0 Å². The zero-order chi connectivity index (χ0) is 40.0. The minimum atomic E-state index is -4.53. The number of nitrogens with zero attached hydrogens (tertiary/aromatic N) is 5. The molecule has 0 aliphatic heterocycles. The van der Waals surface area contributed by atoms with Crippen LogP contribution in [0.5, 0.6) is 0 Å². The Balaban J connectivity index is 1.42. The Morgan fingerprint density at radius 1 is 0.586 bits per heavy atom. The van der Waals surface area contributed by atoms with Crippen molar-refractivity contribution in [1.82, 2.24) is 14.5 Å². The lowest BCUT2D eigenvalue weighted by molar-refractivity contribution is -0.137. The molecule has 0 radical (unpaired) electrons. The van der Waals surface area contributed by atoms with E-state index in [9.17, 15) is 18.4 Å². The van der Waals surface area contributed by atoms with Gasteiger partial charge in [0.15, 0.2) is 11.5 Å². The maximum Gasteiger partial charge on any atom is 0.416 e. The van der Waals surface area contributed by atoms with Gasteiger partial charge in [-0.3, -0.25) is 0 Å². The molecule has 8 heteroatoms. The minimum absolute atomic E-state index is 0.440. The van der Waals surface area contributed by atoms with E-state index in [4.69, 9.17) is 16.5 Å². The van der Waals surface area contributed by atoms with E-state index >= 15 is 0 Å². The molecule has 0 unspecified atom stereocenters. The number of hydrogen-bond acceptors (Lipinski definition) is 3. The first-order valence-electron chi connectivity index (χ1n) is 18.5. The van der Waals surface area contributed by atoms with E-state index in [1.807, 2.05) is 134 Å². The van der Waals surface area contributed by atoms with Gasteiger partial charge < -0.3 is 4.57 Å². The predicted molar refractivity (Wildman–Crippen MR) is 224 cm³/mol. The van der Waals surface area contributed by atoms with E-state index in [-0.39, 0.29) is 0 Å². The number of benzene rings is 7. The fourth-order valence-corrected chi connectivity index (χ4v) is 7.50. The third kappa shape index (κ3) is 6.53. The van der Waals surface area contributed by atoms with Crippen molar-refractivity contribution in [3.05, 3.63) is 192 Å². The van der Waals surface area contributed by atoms with E-state index in [1.54, 1.807) is 12.1 Å². The number of halogens is 3. The van der Waals surface area contributed by atoms with Gasteiger partial charge in [-0.15, -0.1) is 0 Å². The van der Waals surface area contributed by atoms with Crippen molar-refractivity contribution in [3.63, 3.8) is 0 Å². The average Bonchev–Trinajstić information content (AvgIpc) is 3.58. The van der Waals surface area contributed by atoms with Gasteiger partial charge in [0.05, 0.1) is 51.9 Å². The van der Waals surface area contributed by atoms with E-state index < -0.39 is 11.7 Å². The number of alkyl halides is 3. The second-order valence-electron chi connectivity index (χ2n) is 14.0. The van der Waals surface area contributed by atoms with Crippen LogP contribution in [0, 0.1) is 24.8 Å². The normalized spacial score (nSPS) is 11.4. The number of aromatic nitrogens is 3. The highest BCUT2D eigenvalue weighted by Gasteiger charge is 2.30. The van der Waals surface area contributed by atoms with Crippen molar-refractivity contribution in [2.45, 2.75) is 13.1 Å². The second-order valence-corrected chi connectivity index (χ2v) is 14.0. The number of nitriles is 1. The van der Waals surface area contributed by atoms with Gasteiger partial charge in [-0.2, -0.15) is 18.4 Å². The first kappa shape index (κ1) is 35.9. The van der Waals surface area contributed by atoms with E-state index in [0.29, 0.717) is 50.8 Å². The summed E-state index contributed by atoms with van der Waals surface area (Å²) in [4.78, 5) is 14.0. The third-order valence-corrected chi connectivity index (χ3v) is 10.3. The highest BCUT2D eigenvalue weighted by atomic mass is 19.4. The third-order valence-electron chi connectivity index (χ3n) is 10.3. The summed E-state index contributed by atoms with van der Waals surface area (Å²) in [6.07, 6.45) is -4.53. The molecule has 9 aromatic rings. The number of aryl methyl sites for hydroxylation is 1. The van der Waals surface area contributed by atoms with Gasteiger partial charge in [-0.25, -0.2) is 14.8 Å². The molecular weight excluding hydrogens is 728 g/mol. The molecule has 0 saturated heterocycles. The number of fused-ring (bicyclic) bond motifs is 3. The summed E-state index contributed by atoms with van der Waals surface area (Å²) < 4.78 is 44.1. The van der Waals surface area contributed by atoms with Crippen molar-refractivity contribution in [3.8, 4) is 67.9 Å². The minimum Gasteiger partial charge on any atom is -0.308 e. The number of rotatable bonds is 6. The van der Waals surface area contributed by atoms with Gasteiger partial charge in [0.2, 0.25) is 0 Å². The molecule has 9 rings (SSSR count). The smallest absolute Gasteiger partial charge is 0.308 e. The first-order valence-corrected chi connectivity index (χ1v) is 18.5. The van der Waals surface area contributed by atoms with Crippen LogP contribution in [-0.4, -0.2) is 14.5 Å². The zero-order valence-electron chi connectivity index (χ0n) is 31.0. The molecule has 0 aliphatic rings. The molecule has 0 aliphatic carbocycles. The monoisotopic (exact) mass is 757 g/mol. The highest BCUT2D eigenvalue weighted by molar-refractivity contribution is 6.12. The molecule has 58 heavy (non-hydrogen) atoms. The van der Waals surface area contributed by atoms with Gasteiger partial charge in [-0.1, -0.05) is 109 Å². The van der Waals surface area contributed by atoms with Gasteiger partial charge in [0.1, 0.15) is 0 Å². The van der Waals surface area contributed by atoms with Gasteiger partial charge in [-0.05, 0) is 84.1 Å². The Morgan fingerprint density at radius 3 is 1.66 bits per heavy atom. The molecule has 276 valence electrons. The van der Waals surface area contributed by atoms with E-state index in [1.165, 1.54) is 12.1 Å². The average molecular weight is 758 g/mol. The van der Waals surface area contributed by atoms with Crippen LogP contribution in [0.1, 0.15) is 16.7 Å². The van der Waals surface area contributed by atoms with Crippen LogP contribution in [0.3, 0.4) is 0 Å². The largest absolute Gasteiger partial charge is 0.416 e. The topological polar surface area (TPSA) is 58.9 Å². The predicted octanol–water partition coefficient (Wildman–Crippen LogP) is 13.7. The van der Waals surface area contributed by atoms with Gasteiger partial charge >= 0.3 is 6.18 Å². The molecule has 0 saturated carbocycles. The van der Waals surface area contributed by atoms with Crippen LogP contribution in [0.4, 0.5) is 18.9 Å². The molecule has 0 bridgehead atoms. The molecule has 0 N–H and O–H groups in total. The second kappa shape index (κ2) is 14.4. The maximum atomic E-state index is 14.0. The van der Waals surface area contributed by atoms with E-state index in [2.05, 4.69) is 15.5 Å². The van der Waals surface area contributed by atoms with Crippen molar-refractivity contribution >= 4 is 27.5 Å². The molecule has 5 nitrogen and oxygen atoms in total. The summed E-state index contributed by atoms with van der Waals surface area (Å²) in [5.74, 6) is 0.441. The van der Waals surface area contributed by atoms with Crippen molar-refractivity contribution in [2.24, 2.45) is 0 Å². The first-order chi connectivity index (χ1) is 28.2. The van der Waals surface area contributed by atoms with Crippen LogP contribution in [0.15, 0.2) is 164 Å². The summed E-state index contributed by atoms with van der Waals surface area (Å²) in [5, 5.41) is 11.4. The van der Waals surface area contributed by atoms with E-state index in [0.717, 1.165) is 61.8 Å². The Kier molecular flexibility index (Phi) is 8.88. The summed E-state index contributed by atoms with van der Waals surface area (Å²) >= 11 is 0. The molecule has 2 aromatic heterocycles. The number of hydrogen-bond donors (Lipinski definition) is 0. The Morgan fingerprint density at radius 2 is 1.12 bits per heavy atom. The summed E-state index contributed by atoms with van der Waals surface area (Å²) in [7, 11) is 0. The molecule has 2 heterocycles. The molecule has 0 amide bonds. The Labute approximate surface area is 332 Å². The quantitative estimate of drug-likeness (QED) is 0.159. The van der Waals surface area contributed by atoms with Crippen LogP contribution in [-0.2, 0) is 6.18 Å². The van der Waals surface area contributed by atoms with Crippen molar-refractivity contribution in [2.75, 3.05) is 0 Å². The lowest BCUT2D eigenvalue weighted by Gasteiger charge is -2.21. The molecule has 7 aromatic carbocycles. The van der Waals surface area contributed by atoms with Gasteiger partial charge in [0, 0.05) is 33.2 Å². The summed E-state index contributed by atoms with van der Waals surface area (Å²) in [6.45, 7) is 9.78. The fraction of sp³-hybridized carbons (Fsp3) is 0.0400. The SMILES string of the molecule is [C-]#[N+]c1ccc2c(c1)c1cc(C#N)ccc1n2-c1c(-c2ccc(C)cc2)cc(-c2nc(-c3ccccc3)cc(-c3ccccc3)n2)cc1-c1ccc(C(F)(F)F)cc1. The zero-order valence-corrected chi connectivity index (χ0v) is 31.0. The highest BCUT2D eigenvalue weighted by Crippen LogP contribution is 2.45. The van der Waals surface area contributed by atoms with Crippen molar-refractivity contribution in [1.29, 1.82) is 5.26 Å². The lowest BCUT2D eigenvalue weighted by atomic mass is 9.91. The summed E-state index contributed by atoms with van der Waals surface area (Å²) in [5.41, 5.74) is 10.1. The van der Waals surface area contributed by atoms with Crippen LogP contribution in [0.25, 0.3) is 88.5 Å². The molecule has 0 fully saturated rings. The lowest BCUT2D eigenvalue weighted by Crippen LogP contribution is -2.05. The molecule has 0 atom stereocenters. The fourth-order valence-electron chi connectivity index (χ4n) is 7.50. The van der Waals surface area contributed by atoms with Gasteiger partial charge in [0.25, 0.3) is 0 Å². The Hall–Kier alpha value is -7.81. The van der Waals surface area contributed by atoms with Crippen LogP contribution < -0.4 is 0 Å². The standard InChI is InChI=1S/C50H30F3N5/c1-31-13-16-33(17-14-31)40-26-37(49-56-44(35-9-5-3-6-10-35)29-45(57-49)36-11-7-4-8-12-36)27-41(34-18-20-38(21-19-34)50(51,52)53)48(40)58-46-23-15-32(30-54)25-42(46)43-28-39(55-2)22-24-47(43)58/h3-29H,1H3. The Bertz CT molecular complexity index is 2970.